The highest BCUT2D eigenvalue weighted by Gasteiger charge is 2.39. The highest BCUT2D eigenvalue weighted by atomic mass is 32.3. The number of hydrogen-bond donors (Lipinski definition) is 0. The number of sulfone groups is 2. The summed E-state index contributed by atoms with van der Waals surface area (Å²) in [6.45, 7) is 6.88. The van der Waals surface area contributed by atoms with Gasteiger partial charge in [-0.2, -0.15) is 0 Å². The van der Waals surface area contributed by atoms with Crippen LogP contribution >= 0.6 is 0 Å². The minimum atomic E-state index is -3.56. The van der Waals surface area contributed by atoms with Gasteiger partial charge in [0.2, 0.25) is 0 Å². The van der Waals surface area contributed by atoms with Gasteiger partial charge in [0.05, 0.1) is 0 Å². The van der Waals surface area contributed by atoms with Crippen molar-refractivity contribution in [3.8, 4) is 0 Å². The zero-order valence-electron chi connectivity index (χ0n) is 12.6. The van der Waals surface area contributed by atoms with Crippen molar-refractivity contribution in [3.63, 3.8) is 0 Å². The van der Waals surface area contributed by atoms with Gasteiger partial charge in [0.15, 0.2) is 24.3 Å². The Bertz CT molecular complexity index is 403. The quantitative estimate of drug-likeness (QED) is 0.582. The zero-order valence-corrected chi connectivity index (χ0v) is 14.2. The first-order valence-electron chi connectivity index (χ1n) is 7.16. The molecule has 0 saturated carbocycles. The van der Waals surface area contributed by atoms with E-state index in [0.717, 1.165) is 25.7 Å². The van der Waals surface area contributed by atoms with Gasteiger partial charge in [-0.05, 0) is 12.3 Å². The molecule has 0 aromatic rings. The molecule has 4 nitrogen and oxygen atoms in total. The van der Waals surface area contributed by atoms with Gasteiger partial charge in [-0.15, -0.1) is 0 Å². The zero-order chi connectivity index (χ0) is 15.1. The third-order valence-corrected chi connectivity index (χ3v) is 9.20. The lowest BCUT2D eigenvalue weighted by Gasteiger charge is -2.23. The molecular weight excluding hydrogens is 284 g/mol. The standard InChI is InChI=1S/C13H28O4S2/c1-5-8-9-10-11-12(4)13(18(14,15)6-2)19(16,17)7-3/h12-13H,5-11H2,1-4H3. The molecule has 1 atom stereocenters. The van der Waals surface area contributed by atoms with Crippen LogP contribution in [0.4, 0.5) is 0 Å². The van der Waals surface area contributed by atoms with E-state index in [1.165, 1.54) is 13.8 Å². The van der Waals surface area contributed by atoms with Gasteiger partial charge >= 0.3 is 0 Å². The van der Waals surface area contributed by atoms with Crippen LogP contribution in [0.3, 0.4) is 0 Å². The van der Waals surface area contributed by atoms with Crippen LogP contribution in [0.2, 0.25) is 0 Å². The van der Waals surface area contributed by atoms with Crippen molar-refractivity contribution in [2.75, 3.05) is 11.5 Å². The SMILES string of the molecule is CCCCCCC(C)C(S(=O)(=O)CC)S(=O)(=O)CC. The molecule has 0 aliphatic carbocycles. The fourth-order valence-corrected chi connectivity index (χ4v) is 7.24. The molecule has 0 heterocycles. The van der Waals surface area contributed by atoms with E-state index in [9.17, 15) is 16.8 Å². The molecule has 0 rings (SSSR count). The molecule has 0 radical (unpaired) electrons. The molecule has 0 N–H and O–H groups in total. The third-order valence-electron chi connectivity index (χ3n) is 3.49. The molecule has 0 fully saturated rings. The second-order valence-electron chi connectivity index (χ2n) is 5.10. The van der Waals surface area contributed by atoms with Crippen molar-refractivity contribution in [3.05, 3.63) is 0 Å². The highest BCUT2D eigenvalue weighted by molar-refractivity contribution is 8.09. The minimum Gasteiger partial charge on any atom is -0.227 e. The van der Waals surface area contributed by atoms with E-state index in [-0.39, 0.29) is 17.4 Å². The molecule has 0 bridgehead atoms. The lowest BCUT2D eigenvalue weighted by atomic mass is 10.0. The molecule has 0 aromatic carbocycles. The van der Waals surface area contributed by atoms with Crippen LogP contribution in [0.1, 0.15) is 59.8 Å². The first kappa shape index (κ1) is 18.9. The van der Waals surface area contributed by atoms with E-state index in [1.54, 1.807) is 6.92 Å². The van der Waals surface area contributed by atoms with Gasteiger partial charge in [-0.3, -0.25) is 0 Å². The fraction of sp³-hybridized carbons (Fsp3) is 1.00. The molecule has 0 aliphatic rings. The molecule has 19 heavy (non-hydrogen) atoms. The molecule has 0 amide bonds. The summed E-state index contributed by atoms with van der Waals surface area (Å²) < 4.78 is 47.0. The first-order chi connectivity index (χ1) is 8.72. The summed E-state index contributed by atoms with van der Waals surface area (Å²) in [5.41, 5.74) is 0. The Kier molecular flexibility index (Phi) is 8.20. The summed E-state index contributed by atoms with van der Waals surface area (Å²) >= 11 is 0. The monoisotopic (exact) mass is 312 g/mol. The maximum atomic E-state index is 12.1. The van der Waals surface area contributed by atoms with Crippen LogP contribution in [0.5, 0.6) is 0 Å². The summed E-state index contributed by atoms with van der Waals surface area (Å²) in [6, 6.07) is 0. The van der Waals surface area contributed by atoms with Gasteiger partial charge in [-0.25, -0.2) is 16.8 Å². The van der Waals surface area contributed by atoms with Crippen LogP contribution in [-0.2, 0) is 19.7 Å². The maximum absolute atomic E-state index is 12.1. The Morgan fingerprint density at radius 3 is 1.63 bits per heavy atom. The van der Waals surface area contributed by atoms with Gasteiger partial charge in [-0.1, -0.05) is 53.4 Å². The van der Waals surface area contributed by atoms with Crippen molar-refractivity contribution >= 4 is 19.7 Å². The van der Waals surface area contributed by atoms with Crippen LogP contribution in [0.25, 0.3) is 0 Å². The molecular formula is C13H28O4S2. The Morgan fingerprint density at radius 2 is 1.26 bits per heavy atom. The van der Waals surface area contributed by atoms with Crippen LogP contribution < -0.4 is 0 Å². The average Bonchev–Trinajstić information content (AvgIpc) is 2.34. The summed E-state index contributed by atoms with van der Waals surface area (Å²) in [5, 5.41) is 0. The maximum Gasteiger partial charge on any atom is 0.167 e. The smallest absolute Gasteiger partial charge is 0.167 e. The molecule has 0 spiro atoms. The number of hydrogen-bond acceptors (Lipinski definition) is 4. The van der Waals surface area contributed by atoms with Gasteiger partial charge in [0, 0.05) is 11.5 Å². The summed E-state index contributed by atoms with van der Waals surface area (Å²) in [5.74, 6) is -0.557. The van der Waals surface area contributed by atoms with E-state index in [0.29, 0.717) is 6.42 Å². The Balaban J connectivity index is 4.97. The lowest BCUT2D eigenvalue weighted by Crippen LogP contribution is -2.38. The topological polar surface area (TPSA) is 68.3 Å². The molecule has 1 unspecified atom stereocenters. The minimum absolute atomic E-state index is 0.115. The van der Waals surface area contributed by atoms with Crippen molar-refractivity contribution in [1.82, 2.24) is 0 Å². The van der Waals surface area contributed by atoms with E-state index < -0.39 is 24.3 Å². The van der Waals surface area contributed by atoms with Gasteiger partial charge < -0.3 is 0 Å². The average molecular weight is 312 g/mol. The molecule has 0 aromatic heterocycles. The van der Waals surface area contributed by atoms with Crippen molar-refractivity contribution < 1.29 is 16.8 Å². The molecule has 0 aliphatic heterocycles. The Hall–Kier alpha value is -0.100. The Labute approximate surface area is 118 Å². The second-order valence-corrected chi connectivity index (χ2v) is 10.2. The van der Waals surface area contributed by atoms with E-state index in [2.05, 4.69) is 6.92 Å². The second kappa shape index (κ2) is 8.25. The predicted molar refractivity (Wildman–Crippen MR) is 80.6 cm³/mol. The fourth-order valence-electron chi connectivity index (χ4n) is 2.29. The van der Waals surface area contributed by atoms with Crippen molar-refractivity contribution in [2.24, 2.45) is 5.92 Å². The Morgan fingerprint density at radius 1 is 0.789 bits per heavy atom. The van der Waals surface area contributed by atoms with Crippen LogP contribution in [0.15, 0.2) is 0 Å². The summed E-state index contributed by atoms with van der Waals surface area (Å²) in [6.07, 6.45) is 4.80. The third kappa shape index (κ3) is 5.81. The molecule has 6 heteroatoms. The van der Waals surface area contributed by atoms with Crippen molar-refractivity contribution in [2.45, 2.75) is 64.4 Å². The van der Waals surface area contributed by atoms with Crippen LogP contribution in [0, 0.1) is 5.92 Å². The lowest BCUT2D eigenvalue weighted by molar-refractivity contribution is 0.483. The normalized spacial score (nSPS) is 14.8. The largest absolute Gasteiger partial charge is 0.227 e. The molecule has 0 saturated heterocycles. The highest BCUT2D eigenvalue weighted by Crippen LogP contribution is 2.25. The summed E-state index contributed by atoms with van der Waals surface area (Å²) in [7, 11) is -7.12. The van der Waals surface area contributed by atoms with Gasteiger partial charge in [0.1, 0.15) is 0 Å². The first-order valence-corrected chi connectivity index (χ1v) is 10.6. The van der Waals surface area contributed by atoms with Crippen molar-refractivity contribution in [1.29, 1.82) is 0 Å². The van der Waals surface area contributed by atoms with E-state index >= 15 is 0 Å². The van der Waals surface area contributed by atoms with Crippen LogP contribution in [-0.4, -0.2) is 32.9 Å². The number of rotatable bonds is 10. The number of unbranched alkanes of at least 4 members (excludes halogenated alkanes) is 3. The van der Waals surface area contributed by atoms with E-state index in [4.69, 9.17) is 0 Å². The van der Waals surface area contributed by atoms with E-state index in [1.807, 2.05) is 0 Å². The van der Waals surface area contributed by atoms with Gasteiger partial charge in [0.25, 0.3) is 0 Å². The molecule has 116 valence electrons. The predicted octanol–water partition coefficient (Wildman–Crippen LogP) is 2.79. The summed E-state index contributed by atoms with van der Waals surface area (Å²) in [4.78, 5) is 0.